The van der Waals surface area contributed by atoms with Gasteiger partial charge in [-0.05, 0) is 37.5 Å². The molecule has 0 saturated carbocycles. The summed E-state index contributed by atoms with van der Waals surface area (Å²) in [5.74, 6) is 4.93. The van der Waals surface area contributed by atoms with Gasteiger partial charge in [-0.25, -0.2) is 5.84 Å². The number of rotatable bonds is 5. The highest BCUT2D eigenvalue weighted by molar-refractivity contribution is 7.14. The summed E-state index contributed by atoms with van der Waals surface area (Å²) in [6.45, 7) is 6.94. The van der Waals surface area contributed by atoms with E-state index in [2.05, 4.69) is 30.4 Å². The number of hydrogen-bond acceptors (Lipinski definition) is 4. The predicted octanol–water partition coefficient (Wildman–Crippen LogP) is 2.03. The molecule has 1 amide bonds. The first kappa shape index (κ1) is 14.7. The van der Waals surface area contributed by atoms with Crippen LogP contribution in [0.5, 0.6) is 0 Å². The largest absolute Gasteiger partial charge is 0.289 e. The molecule has 3 N–H and O–H groups in total. The van der Waals surface area contributed by atoms with Crippen molar-refractivity contribution in [1.82, 2.24) is 15.2 Å². The molecule has 2 aromatic heterocycles. The third-order valence-electron chi connectivity index (χ3n) is 3.33. The van der Waals surface area contributed by atoms with Crippen LogP contribution in [0.4, 0.5) is 0 Å². The van der Waals surface area contributed by atoms with E-state index < -0.39 is 0 Å². The van der Waals surface area contributed by atoms with Gasteiger partial charge in [0, 0.05) is 10.6 Å². The van der Waals surface area contributed by atoms with E-state index in [9.17, 15) is 4.79 Å². The van der Waals surface area contributed by atoms with Crippen molar-refractivity contribution in [3.05, 3.63) is 38.8 Å². The molecule has 0 radical (unpaired) electrons. The number of aryl methyl sites for hydroxylation is 3. The molecule has 0 spiro atoms. The van der Waals surface area contributed by atoms with Crippen molar-refractivity contribution in [1.29, 1.82) is 0 Å². The molecule has 0 aliphatic carbocycles. The Morgan fingerprint density at radius 1 is 1.40 bits per heavy atom. The Labute approximate surface area is 122 Å². The van der Waals surface area contributed by atoms with E-state index in [0.717, 1.165) is 29.0 Å². The van der Waals surface area contributed by atoms with E-state index in [4.69, 9.17) is 5.84 Å². The minimum atomic E-state index is -0.241. The highest BCUT2D eigenvalue weighted by atomic mass is 32.1. The number of aromatic nitrogens is 2. The summed E-state index contributed by atoms with van der Waals surface area (Å²) in [6.07, 6.45) is 1.88. The lowest BCUT2D eigenvalue weighted by Crippen LogP contribution is -2.29. The van der Waals surface area contributed by atoms with Crippen molar-refractivity contribution in [2.24, 2.45) is 5.84 Å². The molecule has 0 saturated heterocycles. The van der Waals surface area contributed by atoms with Gasteiger partial charge in [-0.1, -0.05) is 13.8 Å². The van der Waals surface area contributed by atoms with Gasteiger partial charge in [-0.15, -0.1) is 11.3 Å². The number of nitrogens with two attached hydrogens (primary N) is 1. The van der Waals surface area contributed by atoms with E-state index in [0.29, 0.717) is 11.4 Å². The first-order valence-corrected chi connectivity index (χ1v) is 7.56. The summed E-state index contributed by atoms with van der Waals surface area (Å²) in [4.78, 5) is 13.3. The number of nitrogens with zero attached hydrogens (tertiary/aromatic N) is 2. The highest BCUT2D eigenvalue weighted by Gasteiger charge is 2.13. The SMILES string of the molecule is CCc1cc(CC)n(Cc2cc(C(=O)NN)sc2C)n1. The quantitative estimate of drug-likeness (QED) is 0.503. The van der Waals surface area contributed by atoms with Crippen molar-refractivity contribution in [2.75, 3.05) is 0 Å². The van der Waals surface area contributed by atoms with Gasteiger partial charge in [-0.3, -0.25) is 14.9 Å². The maximum atomic E-state index is 11.6. The Balaban J connectivity index is 2.27. The van der Waals surface area contributed by atoms with Crippen molar-refractivity contribution in [3.8, 4) is 0 Å². The molecule has 2 aromatic rings. The van der Waals surface area contributed by atoms with E-state index in [1.165, 1.54) is 17.0 Å². The summed E-state index contributed by atoms with van der Waals surface area (Å²) in [6, 6.07) is 4.05. The lowest BCUT2D eigenvalue weighted by molar-refractivity contribution is 0.0957. The van der Waals surface area contributed by atoms with E-state index >= 15 is 0 Å². The number of nitrogen functional groups attached to an aromatic ring is 1. The Morgan fingerprint density at radius 3 is 2.75 bits per heavy atom. The minimum absolute atomic E-state index is 0.241. The lowest BCUT2D eigenvalue weighted by atomic mass is 10.2. The van der Waals surface area contributed by atoms with Gasteiger partial charge in [0.25, 0.3) is 5.91 Å². The van der Waals surface area contributed by atoms with Crippen LogP contribution < -0.4 is 11.3 Å². The molecule has 0 unspecified atom stereocenters. The predicted molar refractivity (Wildman–Crippen MR) is 80.8 cm³/mol. The zero-order valence-corrected chi connectivity index (χ0v) is 12.9. The summed E-state index contributed by atoms with van der Waals surface area (Å²) in [5, 5.41) is 4.61. The van der Waals surface area contributed by atoms with Crippen molar-refractivity contribution < 1.29 is 4.79 Å². The number of carbonyl (C=O) groups is 1. The van der Waals surface area contributed by atoms with Crippen LogP contribution in [0.25, 0.3) is 0 Å². The zero-order chi connectivity index (χ0) is 14.7. The number of hydrazine groups is 1. The van der Waals surface area contributed by atoms with Gasteiger partial charge in [0.05, 0.1) is 17.1 Å². The van der Waals surface area contributed by atoms with E-state index in [-0.39, 0.29) is 5.91 Å². The van der Waals surface area contributed by atoms with Crippen LogP contribution in [0.15, 0.2) is 12.1 Å². The molecule has 0 aliphatic heterocycles. The van der Waals surface area contributed by atoms with Gasteiger partial charge in [0.15, 0.2) is 0 Å². The van der Waals surface area contributed by atoms with Gasteiger partial charge in [0.1, 0.15) is 0 Å². The zero-order valence-electron chi connectivity index (χ0n) is 12.1. The Kier molecular flexibility index (Phi) is 4.57. The molecule has 2 rings (SSSR count). The molecule has 108 valence electrons. The fraction of sp³-hybridized carbons (Fsp3) is 0.429. The standard InChI is InChI=1S/C14H20N4OS/c1-4-11-7-12(5-2)18(17-11)8-10-6-13(14(19)16-15)20-9(10)3/h6-7H,4-5,8,15H2,1-3H3,(H,16,19). The van der Waals surface area contributed by atoms with E-state index in [1.54, 1.807) is 0 Å². The molecular formula is C14H20N4OS. The molecule has 0 aliphatic rings. The van der Waals surface area contributed by atoms with Gasteiger partial charge in [0.2, 0.25) is 0 Å². The first-order chi connectivity index (χ1) is 9.58. The number of amides is 1. The second kappa shape index (κ2) is 6.19. The normalized spacial score (nSPS) is 10.8. The van der Waals surface area contributed by atoms with E-state index in [1.807, 2.05) is 17.7 Å². The summed E-state index contributed by atoms with van der Waals surface area (Å²) in [5.41, 5.74) is 5.62. The second-order valence-corrected chi connectivity index (χ2v) is 5.91. The molecule has 0 bridgehead atoms. The van der Waals surface area contributed by atoms with Crippen LogP contribution in [0.2, 0.25) is 0 Å². The molecule has 0 aromatic carbocycles. The molecule has 6 heteroatoms. The van der Waals surface area contributed by atoms with Crippen LogP contribution in [0.3, 0.4) is 0 Å². The van der Waals surface area contributed by atoms with Crippen LogP contribution in [-0.2, 0) is 19.4 Å². The summed E-state index contributed by atoms with van der Waals surface area (Å²) >= 11 is 1.46. The number of thiophene rings is 1. The third-order valence-corrected chi connectivity index (χ3v) is 4.43. The Bertz CT molecular complexity index is 615. The van der Waals surface area contributed by atoms with Gasteiger partial charge in [-0.2, -0.15) is 5.10 Å². The number of nitrogens with one attached hydrogen (secondary N) is 1. The van der Waals surface area contributed by atoms with Crippen molar-refractivity contribution >= 4 is 17.2 Å². The highest BCUT2D eigenvalue weighted by Crippen LogP contribution is 2.23. The third kappa shape index (κ3) is 2.91. The maximum absolute atomic E-state index is 11.6. The smallest absolute Gasteiger partial charge is 0.275 e. The first-order valence-electron chi connectivity index (χ1n) is 6.74. The fourth-order valence-corrected chi connectivity index (χ4v) is 3.07. The monoisotopic (exact) mass is 292 g/mol. The van der Waals surface area contributed by atoms with Crippen molar-refractivity contribution in [2.45, 2.75) is 40.2 Å². The van der Waals surface area contributed by atoms with Gasteiger partial charge >= 0.3 is 0 Å². The molecule has 2 heterocycles. The van der Waals surface area contributed by atoms with Crippen LogP contribution in [-0.4, -0.2) is 15.7 Å². The Morgan fingerprint density at radius 2 is 2.15 bits per heavy atom. The topological polar surface area (TPSA) is 72.9 Å². The second-order valence-electron chi connectivity index (χ2n) is 4.66. The van der Waals surface area contributed by atoms with Gasteiger partial charge < -0.3 is 0 Å². The van der Waals surface area contributed by atoms with Crippen LogP contribution in [0, 0.1) is 6.92 Å². The van der Waals surface area contributed by atoms with Crippen molar-refractivity contribution in [3.63, 3.8) is 0 Å². The fourth-order valence-electron chi connectivity index (χ4n) is 2.13. The molecule has 5 nitrogen and oxygen atoms in total. The summed E-state index contributed by atoms with van der Waals surface area (Å²) < 4.78 is 2.03. The minimum Gasteiger partial charge on any atom is -0.289 e. The van der Waals surface area contributed by atoms with Crippen LogP contribution in [0.1, 0.15) is 45.3 Å². The average molecular weight is 292 g/mol. The average Bonchev–Trinajstić information content (AvgIpc) is 3.02. The number of carbonyl (C=O) groups excluding carboxylic acids is 1. The maximum Gasteiger partial charge on any atom is 0.275 e. The molecule has 0 atom stereocenters. The molecule has 0 fully saturated rings. The molecular weight excluding hydrogens is 272 g/mol. The summed E-state index contributed by atoms with van der Waals surface area (Å²) in [7, 11) is 0. The number of hydrogen-bond donors (Lipinski definition) is 2. The lowest BCUT2D eigenvalue weighted by Gasteiger charge is -2.05. The Hall–Kier alpha value is -1.66. The molecule has 20 heavy (non-hydrogen) atoms. The van der Waals surface area contributed by atoms with Crippen LogP contribution >= 0.6 is 11.3 Å².